The van der Waals surface area contributed by atoms with Crippen molar-refractivity contribution in [1.29, 1.82) is 0 Å². The highest BCUT2D eigenvalue weighted by Gasteiger charge is 2.18. The standard InChI is InChI=1S/C16H24N2O4/c1-16(2,3)22-15(19)17-12-9-13(11-14(10-12)20-4)18-5-7-21-8-6-18/h9-11H,5-8H2,1-4H3,(H,17,19). The van der Waals surface area contributed by atoms with Gasteiger partial charge in [-0.25, -0.2) is 4.79 Å². The van der Waals surface area contributed by atoms with Crippen molar-refractivity contribution in [2.75, 3.05) is 43.6 Å². The first-order valence-electron chi connectivity index (χ1n) is 7.39. The van der Waals surface area contributed by atoms with E-state index in [4.69, 9.17) is 14.2 Å². The summed E-state index contributed by atoms with van der Waals surface area (Å²) in [5.41, 5.74) is 1.11. The van der Waals surface area contributed by atoms with Crippen LogP contribution in [0.4, 0.5) is 16.2 Å². The van der Waals surface area contributed by atoms with Crippen LogP contribution in [-0.4, -0.2) is 45.1 Å². The summed E-state index contributed by atoms with van der Waals surface area (Å²) in [7, 11) is 1.61. The van der Waals surface area contributed by atoms with Crippen molar-refractivity contribution in [3.8, 4) is 5.75 Å². The SMILES string of the molecule is COc1cc(NC(=O)OC(C)(C)C)cc(N2CCOCC2)c1. The second-order valence-electron chi connectivity index (χ2n) is 6.15. The van der Waals surface area contributed by atoms with Crippen molar-refractivity contribution in [2.24, 2.45) is 0 Å². The molecule has 1 heterocycles. The van der Waals surface area contributed by atoms with Gasteiger partial charge in [0.05, 0.1) is 20.3 Å². The Morgan fingerprint density at radius 2 is 1.91 bits per heavy atom. The van der Waals surface area contributed by atoms with Gasteiger partial charge in [-0.15, -0.1) is 0 Å². The van der Waals surface area contributed by atoms with Gasteiger partial charge in [0.25, 0.3) is 0 Å². The molecule has 0 aromatic heterocycles. The fourth-order valence-corrected chi connectivity index (χ4v) is 2.20. The van der Waals surface area contributed by atoms with Gasteiger partial charge in [-0.3, -0.25) is 5.32 Å². The zero-order valence-electron chi connectivity index (χ0n) is 13.6. The van der Waals surface area contributed by atoms with Crippen LogP contribution < -0.4 is 15.0 Å². The van der Waals surface area contributed by atoms with Crippen molar-refractivity contribution < 1.29 is 19.0 Å². The molecule has 1 fully saturated rings. The highest BCUT2D eigenvalue weighted by Crippen LogP contribution is 2.28. The molecule has 1 aliphatic heterocycles. The number of morpholine rings is 1. The van der Waals surface area contributed by atoms with E-state index < -0.39 is 11.7 Å². The van der Waals surface area contributed by atoms with E-state index >= 15 is 0 Å². The number of hydrogen-bond acceptors (Lipinski definition) is 5. The molecule has 0 saturated carbocycles. The molecule has 22 heavy (non-hydrogen) atoms. The Morgan fingerprint density at radius 1 is 1.23 bits per heavy atom. The van der Waals surface area contributed by atoms with Gasteiger partial charge in [-0.1, -0.05) is 0 Å². The number of hydrogen-bond donors (Lipinski definition) is 1. The normalized spacial score (nSPS) is 15.4. The monoisotopic (exact) mass is 308 g/mol. The van der Waals surface area contributed by atoms with Gasteiger partial charge in [-0.2, -0.15) is 0 Å². The van der Waals surface area contributed by atoms with E-state index in [9.17, 15) is 4.79 Å². The smallest absolute Gasteiger partial charge is 0.412 e. The molecule has 1 saturated heterocycles. The number of benzene rings is 1. The summed E-state index contributed by atoms with van der Waals surface area (Å²) in [5.74, 6) is 0.690. The van der Waals surface area contributed by atoms with Crippen molar-refractivity contribution in [2.45, 2.75) is 26.4 Å². The lowest BCUT2D eigenvalue weighted by Crippen LogP contribution is -2.36. The van der Waals surface area contributed by atoms with E-state index in [-0.39, 0.29) is 0 Å². The number of ether oxygens (including phenoxy) is 3. The molecule has 0 bridgehead atoms. The minimum atomic E-state index is -0.532. The first-order chi connectivity index (χ1) is 10.4. The molecular weight excluding hydrogens is 284 g/mol. The van der Waals surface area contributed by atoms with E-state index in [1.54, 1.807) is 13.2 Å². The molecule has 0 atom stereocenters. The zero-order valence-corrected chi connectivity index (χ0v) is 13.6. The summed E-state index contributed by atoms with van der Waals surface area (Å²) in [6.07, 6.45) is -0.478. The average molecular weight is 308 g/mol. The van der Waals surface area contributed by atoms with E-state index in [1.165, 1.54) is 0 Å². The van der Waals surface area contributed by atoms with Crippen LogP contribution in [0, 0.1) is 0 Å². The lowest BCUT2D eigenvalue weighted by Gasteiger charge is -2.29. The van der Waals surface area contributed by atoms with Gasteiger partial charge in [-0.05, 0) is 26.8 Å². The zero-order chi connectivity index (χ0) is 16.2. The summed E-state index contributed by atoms with van der Waals surface area (Å²) in [6, 6.07) is 5.64. The van der Waals surface area contributed by atoms with Gasteiger partial charge in [0, 0.05) is 36.6 Å². The summed E-state index contributed by atoms with van der Waals surface area (Å²) >= 11 is 0. The number of carbonyl (C=O) groups is 1. The number of carbonyl (C=O) groups excluding carboxylic acids is 1. The summed E-state index contributed by atoms with van der Waals surface area (Å²) in [6.45, 7) is 8.53. The van der Waals surface area contributed by atoms with Crippen LogP contribution in [0.25, 0.3) is 0 Å². The number of nitrogens with one attached hydrogen (secondary N) is 1. The quantitative estimate of drug-likeness (QED) is 0.930. The number of amides is 1. The molecule has 1 aliphatic rings. The van der Waals surface area contributed by atoms with E-state index in [1.807, 2.05) is 32.9 Å². The molecule has 0 aliphatic carbocycles. The minimum Gasteiger partial charge on any atom is -0.497 e. The Bertz CT molecular complexity index is 519. The molecular formula is C16H24N2O4. The summed E-state index contributed by atoms with van der Waals surface area (Å²) in [4.78, 5) is 14.1. The van der Waals surface area contributed by atoms with Gasteiger partial charge in [0.15, 0.2) is 0 Å². The molecule has 0 spiro atoms. The Morgan fingerprint density at radius 3 is 2.50 bits per heavy atom. The van der Waals surface area contributed by atoms with Crippen LogP contribution >= 0.6 is 0 Å². The fraction of sp³-hybridized carbons (Fsp3) is 0.562. The molecule has 1 N–H and O–H groups in total. The van der Waals surface area contributed by atoms with Crippen LogP contribution in [0.2, 0.25) is 0 Å². The summed E-state index contributed by atoms with van der Waals surface area (Å²) < 4.78 is 16.0. The lowest BCUT2D eigenvalue weighted by molar-refractivity contribution is 0.0636. The second kappa shape index (κ2) is 6.87. The molecule has 6 heteroatoms. The first kappa shape index (κ1) is 16.4. The maximum Gasteiger partial charge on any atom is 0.412 e. The average Bonchev–Trinajstić information content (AvgIpc) is 2.45. The highest BCUT2D eigenvalue weighted by atomic mass is 16.6. The van der Waals surface area contributed by atoms with Crippen molar-refractivity contribution in [3.05, 3.63) is 18.2 Å². The van der Waals surface area contributed by atoms with Crippen LogP contribution in [0.1, 0.15) is 20.8 Å². The largest absolute Gasteiger partial charge is 0.497 e. The Hall–Kier alpha value is -1.95. The van der Waals surface area contributed by atoms with Crippen LogP contribution in [0.3, 0.4) is 0 Å². The molecule has 6 nitrogen and oxygen atoms in total. The number of nitrogens with zero attached hydrogens (tertiary/aromatic N) is 1. The molecule has 2 rings (SSSR count). The predicted octanol–water partition coefficient (Wildman–Crippen LogP) is 2.88. The molecule has 1 amide bonds. The Balaban J connectivity index is 2.14. The molecule has 1 aromatic carbocycles. The predicted molar refractivity (Wildman–Crippen MR) is 85.9 cm³/mol. The molecule has 122 valence electrons. The number of rotatable bonds is 3. The maximum atomic E-state index is 11.9. The van der Waals surface area contributed by atoms with Crippen LogP contribution in [0.5, 0.6) is 5.75 Å². The van der Waals surface area contributed by atoms with Gasteiger partial charge < -0.3 is 19.1 Å². The van der Waals surface area contributed by atoms with Gasteiger partial charge in [0.1, 0.15) is 11.4 Å². The first-order valence-corrected chi connectivity index (χ1v) is 7.39. The van der Waals surface area contributed by atoms with Crippen LogP contribution in [-0.2, 0) is 9.47 Å². The second-order valence-corrected chi connectivity index (χ2v) is 6.15. The van der Waals surface area contributed by atoms with Crippen LogP contribution in [0.15, 0.2) is 18.2 Å². The van der Waals surface area contributed by atoms with Gasteiger partial charge in [0.2, 0.25) is 0 Å². The number of methoxy groups -OCH3 is 1. The van der Waals surface area contributed by atoms with Gasteiger partial charge >= 0.3 is 6.09 Å². The van der Waals surface area contributed by atoms with Crippen molar-refractivity contribution in [1.82, 2.24) is 0 Å². The Labute approximate surface area is 131 Å². The van der Waals surface area contributed by atoms with E-state index in [0.717, 1.165) is 18.8 Å². The van der Waals surface area contributed by atoms with E-state index in [2.05, 4.69) is 10.2 Å². The Kier molecular flexibility index (Phi) is 5.13. The molecule has 0 unspecified atom stereocenters. The van der Waals surface area contributed by atoms with Crippen molar-refractivity contribution in [3.63, 3.8) is 0 Å². The maximum absolute atomic E-state index is 11.9. The lowest BCUT2D eigenvalue weighted by atomic mass is 10.2. The molecule has 0 radical (unpaired) electrons. The third-order valence-electron chi connectivity index (χ3n) is 3.15. The topological polar surface area (TPSA) is 60.0 Å². The number of anilines is 2. The third-order valence-corrected chi connectivity index (χ3v) is 3.15. The molecule has 1 aromatic rings. The van der Waals surface area contributed by atoms with Crippen molar-refractivity contribution >= 4 is 17.5 Å². The fourth-order valence-electron chi connectivity index (χ4n) is 2.20. The third kappa shape index (κ3) is 4.80. The highest BCUT2D eigenvalue weighted by molar-refractivity contribution is 5.86. The summed E-state index contributed by atoms with van der Waals surface area (Å²) in [5, 5.41) is 2.75. The minimum absolute atomic E-state index is 0.478. The van der Waals surface area contributed by atoms with E-state index in [0.29, 0.717) is 24.7 Å².